The van der Waals surface area contributed by atoms with Crippen LogP contribution in [0.25, 0.3) is 0 Å². The van der Waals surface area contributed by atoms with Gasteiger partial charge in [-0.15, -0.1) is 0 Å². The molecule has 2 bridgehead atoms. The topological polar surface area (TPSA) is 41.6 Å². The van der Waals surface area contributed by atoms with Crippen LogP contribution < -0.4 is 10.1 Å². The summed E-state index contributed by atoms with van der Waals surface area (Å²) in [5.41, 5.74) is 1.94. The minimum Gasteiger partial charge on any atom is -0.496 e. The zero-order valence-corrected chi connectivity index (χ0v) is 15.5. The summed E-state index contributed by atoms with van der Waals surface area (Å²) in [5, 5.41) is 3.69. The number of benzene rings is 1. The normalized spacial score (nSPS) is 28.0. The Hall–Kier alpha value is -1.55. The lowest BCUT2D eigenvalue weighted by molar-refractivity contribution is -0.137. The highest BCUT2D eigenvalue weighted by Gasteiger charge is 2.46. The van der Waals surface area contributed by atoms with E-state index < -0.39 is 0 Å². The molecule has 1 saturated carbocycles. The highest BCUT2D eigenvalue weighted by Crippen LogP contribution is 2.44. The van der Waals surface area contributed by atoms with Crippen molar-refractivity contribution in [3.8, 4) is 5.75 Å². The minimum atomic E-state index is -0.343. The van der Waals surface area contributed by atoms with Crippen LogP contribution in [0.5, 0.6) is 5.75 Å². The monoisotopic (exact) mass is 342 g/mol. The number of likely N-dealkylation sites (tertiary alicyclic amines) is 1. The predicted molar refractivity (Wildman–Crippen MR) is 99.0 cm³/mol. The molecule has 0 aromatic heterocycles. The maximum atomic E-state index is 13.7. The van der Waals surface area contributed by atoms with Gasteiger partial charge < -0.3 is 15.0 Å². The van der Waals surface area contributed by atoms with Crippen LogP contribution >= 0.6 is 0 Å². The van der Waals surface area contributed by atoms with Crippen LogP contribution in [-0.2, 0) is 10.2 Å². The molecule has 3 fully saturated rings. The Morgan fingerprint density at radius 2 is 1.96 bits per heavy atom. The molecule has 2 heterocycles. The van der Waals surface area contributed by atoms with E-state index in [2.05, 4.69) is 35.3 Å². The molecule has 1 amide bonds. The molecule has 1 N–H and O–H groups in total. The maximum absolute atomic E-state index is 13.7. The van der Waals surface area contributed by atoms with E-state index in [-0.39, 0.29) is 5.41 Å². The summed E-state index contributed by atoms with van der Waals surface area (Å²) in [6.45, 7) is 3.83. The fourth-order valence-corrected chi connectivity index (χ4v) is 5.15. The van der Waals surface area contributed by atoms with Gasteiger partial charge in [0.15, 0.2) is 0 Å². The van der Waals surface area contributed by atoms with Crippen LogP contribution in [0.2, 0.25) is 0 Å². The van der Waals surface area contributed by atoms with Crippen molar-refractivity contribution in [2.45, 2.75) is 69.4 Å². The van der Waals surface area contributed by atoms with Gasteiger partial charge in [0, 0.05) is 25.2 Å². The molecular formula is C21H30N2O2. The van der Waals surface area contributed by atoms with E-state index in [4.69, 9.17) is 4.74 Å². The largest absolute Gasteiger partial charge is 0.496 e. The molecule has 0 radical (unpaired) electrons. The fraction of sp³-hybridized carbons (Fsp3) is 0.667. The van der Waals surface area contributed by atoms with Crippen molar-refractivity contribution in [2.75, 3.05) is 20.2 Å². The first-order chi connectivity index (χ1) is 12.1. The number of hydrogen-bond acceptors (Lipinski definition) is 3. The molecule has 2 unspecified atom stereocenters. The Morgan fingerprint density at radius 3 is 2.72 bits per heavy atom. The van der Waals surface area contributed by atoms with Crippen molar-refractivity contribution in [2.24, 2.45) is 0 Å². The third-order valence-electron chi connectivity index (χ3n) is 6.64. The molecule has 4 rings (SSSR count). The van der Waals surface area contributed by atoms with Crippen molar-refractivity contribution in [1.82, 2.24) is 10.2 Å². The van der Waals surface area contributed by atoms with Crippen molar-refractivity contribution < 1.29 is 9.53 Å². The molecule has 2 aliphatic heterocycles. The lowest BCUT2D eigenvalue weighted by atomic mass is 9.77. The van der Waals surface area contributed by atoms with Gasteiger partial charge in [-0.25, -0.2) is 0 Å². The second-order valence-corrected chi connectivity index (χ2v) is 8.15. The van der Waals surface area contributed by atoms with Crippen LogP contribution in [0.15, 0.2) is 18.2 Å². The molecule has 4 heteroatoms. The average molecular weight is 342 g/mol. The number of aryl methyl sites for hydroxylation is 1. The number of rotatable bonds is 3. The van der Waals surface area contributed by atoms with Gasteiger partial charge in [-0.05, 0) is 56.2 Å². The second kappa shape index (κ2) is 6.64. The van der Waals surface area contributed by atoms with E-state index in [1.165, 1.54) is 12.8 Å². The Labute approximate surface area is 150 Å². The van der Waals surface area contributed by atoms with E-state index >= 15 is 0 Å². The zero-order chi connectivity index (χ0) is 17.4. The van der Waals surface area contributed by atoms with E-state index in [0.29, 0.717) is 18.0 Å². The number of nitrogens with zero attached hydrogens (tertiary/aromatic N) is 1. The minimum absolute atomic E-state index is 0.343. The SMILES string of the molecule is COc1cc(C2(C(=O)N3CCC4CCC(C3)N4)CCCC2)ccc1C. The predicted octanol–water partition coefficient (Wildman–Crippen LogP) is 3.17. The van der Waals surface area contributed by atoms with E-state index in [1.54, 1.807) is 7.11 Å². The third-order valence-corrected chi connectivity index (χ3v) is 6.64. The van der Waals surface area contributed by atoms with Crippen LogP contribution in [0.1, 0.15) is 56.1 Å². The van der Waals surface area contributed by atoms with Gasteiger partial charge in [0.2, 0.25) is 5.91 Å². The van der Waals surface area contributed by atoms with E-state index in [9.17, 15) is 4.79 Å². The first-order valence-corrected chi connectivity index (χ1v) is 9.83. The van der Waals surface area contributed by atoms with Crippen molar-refractivity contribution in [3.63, 3.8) is 0 Å². The summed E-state index contributed by atoms with van der Waals surface area (Å²) in [6.07, 6.45) is 7.79. The lowest BCUT2D eigenvalue weighted by Crippen LogP contribution is -2.48. The standard InChI is InChI=1S/C21H30N2O2/c1-15-5-6-16(13-19(15)25-2)21(10-3-4-11-21)20(24)23-12-9-17-7-8-18(14-23)22-17/h5-6,13,17-18,22H,3-4,7-12,14H2,1-2H3. The van der Waals surface area contributed by atoms with Crippen molar-refractivity contribution in [1.29, 1.82) is 0 Å². The zero-order valence-electron chi connectivity index (χ0n) is 15.5. The average Bonchev–Trinajstić information content (AvgIpc) is 3.22. The van der Waals surface area contributed by atoms with E-state index in [1.807, 2.05) is 0 Å². The highest BCUT2D eigenvalue weighted by molar-refractivity contribution is 5.89. The summed E-state index contributed by atoms with van der Waals surface area (Å²) in [6, 6.07) is 7.47. The fourth-order valence-electron chi connectivity index (χ4n) is 5.15. The molecule has 2 saturated heterocycles. The number of fused-ring (bicyclic) bond motifs is 2. The van der Waals surface area contributed by atoms with Gasteiger partial charge in [-0.3, -0.25) is 4.79 Å². The van der Waals surface area contributed by atoms with Gasteiger partial charge in [0.25, 0.3) is 0 Å². The van der Waals surface area contributed by atoms with E-state index in [0.717, 1.165) is 62.1 Å². The first-order valence-electron chi connectivity index (χ1n) is 9.83. The lowest BCUT2D eigenvalue weighted by Gasteiger charge is -2.36. The van der Waals surface area contributed by atoms with Crippen LogP contribution in [0.3, 0.4) is 0 Å². The summed E-state index contributed by atoms with van der Waals surface area (Å²) < 4.78 is 5.54. The van der Waals surface area contributed by atoms with Crippen LogP contribution in [0.4, 0.5) is 0 Å². The number of carbonyl (C=O) groups is 1. The maximum Gasteiger partial charge on any atom is 0.233 e. The highest BCUT2D eigenvalue weighted by atomic mass is 16.5. The smallest absolute Gasteiger partial charge is 0.233 e. The van der Waals surface area contributed by atoms with Crippen LogP contribution in [0, 0.1) is 6.92 Å². The molecule has 4 nitrogen and oxygen atoms in total. The number of hydrogen-bond donors (Lipinski definition) is 1. The van der Waals surface area contributed by atoms with Crippen molar-refractivity contribution in [3.05, 3.63) is 29.3 Å². The Morgan fingerprint density at radius 1 is 1.20 bits per heavy atom. The molecule has 3 aliphatic rings. The number of amides is 1. The molecule has 2 atom stereocenters. The molecule has 25 heavy (non-hydrogen) atoms. The second-order valence-electron chi connectivity index (χ2n) is 8.15. The number of nitrogens with one attached hydrogen (secondary N) is 1. The van der Waals surface area contributed by atoms with Gasteiger partial charge in [-0.1, -0.05) is 25.0 Å². The Balaban J connectivity index is 1.65. The van der Waals surface area contributed by atoms with Crippen molar-refractivity contribution >= 4 is 5.91 Å². The van der Waals surface area contributed by atoms with Gasteiger partial charge in [-0.2, -0.15) is 0 Å². The van der Waals surface area contributed by atoms with Gasteiger partial charge in [0.05, 0.1) is 12.5 Å². The summed E-state index contributed by atoms with van der Waals surface area (Å²) >= 11 is 0. The molecule has 1 aliphatic carbocycles. The Bertz CT molecular complexity index is 651. The summed E-state index contributed by atoms with van der Waals surface area (Å²) in [4.78, 5) is 15.9. The summed E-state index contributed by atoms with van der Waals surface area (Å²) in [7, 11) is 1.71. The van der Waals surface area contributed by atoms with Crippen LogP contribution in [-0.4, -0.2) is 43.1 Å². The third kappa shape index (κ3) is 2.95. The summed E-state index contributed by atoms with van der Waals surface area (Å²) in [5.74, 6) is 1.25. The number of methoxy groups -OCH3 is 1. The first kappa shape index (κ1) is 16.9. The molecular weight excluding hydrogens is 312 g/mol. The molecule has 0 spiro atoms. The molecule has 1 aromatic rings. The quantitative estimate of drug-likeness (QED) is 0.917. The Kier molecular flexibility index (Phi) is 4.48. The number of carbonyl (C=O) groups excluding carboxylic acids is 1. The van der Waals surface area contributed by atoms with Gasteiger partial charge in [0.1, 0.15) is 5.75 Å². The number of ether oxygens (including phenoxy) is 1. The van der Waals surface area contributed by atoms with Gasteiger partial charge >= 0.3 is 0 Å². The molecule has 1 aromatic carbocycles. The molecule has 136 valence electrons.